The molecule has 0 atom stereocenters. The lowest BCUT2D eigenvalue weighted by Gasteiger charge is -2.12. The van der Waals surface area contributed by atoms with Crippen LogP contribution in [0.3, 0.4) is 0 Å². The lowest BCUT2D eigenvalue weighted by Crippen LogP contribution is -2.23. The van der Waals surface area contributed by atoms with E-state index in [1.165, 1.54) is 30.0 Å². The first-order valence-corrected chi connectivity index (χ1v) is 9.47. The van der Waals surface area contributed by atoms with E-state index in [1.54, 1.807) is 4.57 Å². The normalized spacial score (nSPS) is 12.7. The zero-order chi connectivity index (χ0) is 17.4. The van der Waals surface area contributed by atoms with Crippen molar-refractivity contribution in [2.75, 3.05) is 12.5 Å². The van der Waals surface area contributed by atoms with Crippen molar-refractivity contribution < 1.29 is 14.3 Å². The number of hydrogen-bond acceptors (Lipinski definition) is 7. The van der Waals surface area contributed by atoms with Crippen molar-refractivity contribution in [3.8, 4) is 11.5 Å². The van der Waals surface area contributed by atoms with Crippen LogP contribution in [0.1, 0.15) is 12.5 Å². The van der Waals surface area contributed by atoms with Gasteiger partial charge in [0, 0.05) is 0 Å². The maximum atomic E-state index is 12.9. The number of hydrogen-bond donors (Lipinski definition) is 0. The molecular formula is C17H14N2O4S2. The predicted octanol–water partition coefficient (Wildman–Crippen LogP) is 2.92. The Morgan fingerprint density at radius 2 is 2.16 bits per heavy atom. The number of fused-ring (bicyclic) bond motifs is 2. The molecule has 0 fully saturated rings. The van der Waals surface area contributed by atoms with Gasteiger partial charge >= 0.3 is 0 Å². The number of ketones is 1. The second kappa shape index (κ2) is 6.53. The van der Waals surface area contributed by atoms with Crippen LogP contribution in [-0.4, -0.2) is 27.9 Å². The molecule has 1 aliphatic rings. The van der Waals surface area contributed by atoms with E-state index in [9.17, 15) is 9.59 Å². The van der Waals surface area contributed by atoms with Crippen LogP contribution in [-0.2, 0) is 11.3 Å². The summed E-state index contributed by atoms with van der Waals surface area (Å²) in [6.45, 7) is 2.09. The number of ether oxygens (including phenoxy) is 2. The second-order valence-corrected chi connectivity index (χ2v) is 7.46. The highest BCUT2D eigenvalue weighted by atomic mass is 32.2. The van der Waals surface area contributed by atoms with Gasteiger partial charge in [0.25, 0.3) is 5.56 Å². The van der Waals surface area contributed by atoms with E-state index in [0.717, 1.165) is 5.56 Å². The standard InChI is InChI=1S/C17H14N2O4S2/c1-10(20)8-25-17-18-12-4-5-24-15(12)16(21)19(17)7-11-2-3-13-14(6-11)23-9-22-13/h2-6H,7-9H2,1H3. The van der Waals surface area contributed by atoms with Crippen molar-refractivity contribution in [1.29, 1.82) is 0 Å². The van der Waals surface area contributed by atoms with Gasteiger partial charge in [-0.1, -0.05) is 17.8 Å². The summed E-state index contributed by atoms with van der Waals surface area (Å²) in [5.41, 5.74) is 1.49. The summed E-state index contributed by atoms with van der Waals surface area (Å²) in [7, 11) is 0. The Labute approximate surface area is 151 Å². The number of carbonyl (C=O) groups is 1. The molecule has 25 heavy (non-hydrogen) atoms. The van der Waals surface area contributed by atoms with Crippen molar-refractivity contribution in [2.24, 2.45) is 0 Å². The molecule has 2 aromatic heterocycles. The number of nitrogens with zero attached hydrogens (tertiary/aromatic N) is 2. The van der Waals surface area contributed by atoms with Crippen LogP contribution in [0, 0.1) is 0 Å². The van der Waals surface area contributed by atoms with Crippen molar-refractivity contribution in [3.05, 3.63) is 45.6 Å². The van der Waals surface area contributed by atoms with Gasteiger partial charge in [-0.2, -0.15) is 0 Å². The molecule has 0 unspecified atom stereocenters. The molecule has 3 heterocycles. The van der Waals surface area contributed by atoms with Crippen molar-refractivity contribution >= 4 is 39.1 Å². The summed E-state index contributed by atoms with van der Waals surface area (Å²) >= 11 is 2.66. The first kappa shape index (κ1) is 16.2. The lowest BCUT2D eigenvalue weighted by molar-refractivity contribution is -0.114. The summed E-state index contributed by atoms with van der Waals surface area (Å²) in [6.07, 6.45) is 0. The van der Waals surface area contributed by atoms with Crippen molar-refractivity contribution in [1.82, 2.24) is 9.55 Å². The van der Waals surface area contributed by atoms with Crippen LogP contribution >= 0.6 is 23.1 Å². The van der Waals surface area contributed by atoms with E-state index in [0.29, 0.717) is 33.4 Å². The Bertz CT molecular complexity index is 1030. The molecule has 128 valence electrons. The molecule has 0 saturated heterocycles. The lowest BCUT2D eigenvalue weighted by atomic mass is 10.2. The Balaban J connectivity index is 1.76. The molecule has 0 saturated carbocycles. The number of thiophene rings is 1. The maximum absolute atomic E-state index is 12.9. The van der Waals surface area contributed by atoms with Crippen molar-refractivity contribution in [3.63, 3.8) is 0 Å². The number of Topliss-reactive ketones (excluding diaryl/α,β-unsaturated/α-hetero) is 1. The summed E-state index contributed by atoms with van der Waals surface area (Å²) < 4.78 is 13.0. The van der Waals surface area contributed by atoms with Crippen LogP contribution in [0.25, 0.3) is 10.2 Å². The monoisotopic (exact) mass is 374 g/mol. The summed E-state index contributed by atoms with van der Waals surface area (Å²) in [5.74, 6) is 1.70. The van der Waals surface area contributed by atoms with Gasteiger partial charge in [0.1, 0.15) is 10.5 Å². The fourth-order valence-electron chi connectivity index (χ4n) is 2.56. The van der Waals surface area contributed by atoms with Crippen LogP contribution in [0.2, 0.25) is 0 Å². The highest BCUT2D eigenvalue weighted by Gasteiger charge is 2.17. The van der Waals surface area contributed by atoms with Crippen LogP contribution in [0.4, 0.5) is 0 Å². The van der Waals surface area contributed by atoms with Crippen LogP contribution in [0.15, 0.2) is 39.6 Å². The topological polar surface area (TPSA) is 70.4 Å². The summed E-state index contributed by atoms with van der Waals surface area (Å²) in [5, 5.41) is 2.40. The molecule has 8 heteroatoms. The molecule has 0 aliphatic carbocycles. The second-order valence-electron chi connectivity index (χ2n) is 5.60. The van der Waals surface area contributed by atoms with Crippen LogP contribution < -0.4 is 15.0 Å². The van der Waals surface area contributed by atoms with E-state index >= 15 is 0 Å². The highest BCUT2D eigenvalue weighted by Crippen LogP contribution is 2.33. The molecule has 0 N–H and O–H groups in total. The van der Waals surface area contributed by atoms with Crippen LogP contribution in [0.5, 0.6) is 11.5 Å². The van der Waals surface area contributed by atoms with E-state index in [-0.39, 0.29) is 23.9 Å². The van der Waals surface area contributed by atoms with Gasteiger partial charge < -0.3 is 9.47 Å². The number of thioether (sulfide) groups is 1. The van der Waals surface area contributed by atoms with Gasteiger partial charge in [0.05, 0.1) is 17.8 Å². The third kappa shape index (κ3) is 3.14. The molecule has 0 amide bonds. The first-order valence-electron chi connectivity index (χ1n) is 7.60. The Kier molecular flexibility index (Phi) is 4.22. The molecule has 0 spiro atoms. The third-order valence-electron chi connectivity index (χ3n) is 3.71. The molecule has 0 bridgehead atoms. The quantitative estimate of drug-likeness (QED) is 0.505. The fourth-order valence-corrected chi connectivity index (χ4v) is 4.14. The minimum atomic E-state index is -0.0938. The van der Waals surface area contributed by atoms with Gasteiger partial charge in [-0.15, -0.1) is 11.3 Å². The largest absolute Gasteiger partial charge is 0.454 e. The SMILES string of the molecule is CC(=O)CSc1nc2ccsc2c(=O)n1Cc1ccc2c(c1)OCO2. The minimum absolute atomic E-state index is 0.0410. The molecule has 0 radical (unpaired) electrons. The molecule has 1 aliphatic heterocycles. The van der Waals surface area contributed by atoms with E-state index in [4.69, 9.17) is 9.47 Å². The molecule has 6 nitrogen and oxygen atoms in total. The average molecular weight is 374 g/mol. The number of benzene rings is 1. The Morgan fingerprint density at radius 3 is 3.00 bits per heavy atom. The zero-order valence-electron chi connectivity index (χ0n) is 13.4. The van der Waals surface area contributed by atoms with Gasteiger partial charge in [-0.05, 0) is 36.1 Å². The van der Waals surface area contributed by atoms with E-state index in [1.807, 2.05) is 29.6 Å². The number of rotatable bonds is 5. The predicted molar refractivity (Wildman–Crippen MR) is 97.0 cm³/mol. The van der Waals surface area contributed by atoms with Gasteiger partial charge in [0.15, 0.2) is 16.7 Å². The van der Waals surface area contributed by atoms with Gasteiger partial charge in [0.2, 0.25) is 6.79 Å². The summed E-state index contributed by atoms with van der Waals surface area (Å²) in [6, 6.07) is 7.43. The highest BCUT2D eigenvalue weighted by molar-refractivity contribution is 7.99. The zero-order valence-corrected chi connectivity index (χ0v) is 15.0. The first-order chi connectivity index (χ1) is 12.1. The minimum Gasteiger partial charge on any atom is -0.454 e. The van der Waals surface area contributed by atoms with E-state index < -0.39 is 0 Å². The third-order valence-corrected chi connectivity index (χ3v) is 5.73. The Morgan fingerprint density at radius 1 is 1.32 bits per heavy atom. The average Bonchev–Trinajstić information content (AvgIpc) is 3.24. The van der Waals surface area contributed by atoms with E-state index in [2.05, 4.69) is 4.98 Å². The maximum Gasteiger partial charge on any atom is 0.272 e. The molecule has 1 aromatic carbocycles. The van der Waals surface area contributed by atoms with Crippen molar-refractivity contribution in [2.45, 2.75) is 18.6 Å². The Hall–Kier alpha value is -2.32. The number of carbonyl (C=O) groups excluding carboxylic acids is 1. The molecule has 4 rings (SSSR count). The summed E-state index contributed by atoms with van der Waals surface area (Å²) in [4.78, 5) is 28.8. The van der Waals surface area contributed by atoms with Gasteiger partial charge in [-0.25, -0.2) is 4.98 Å². The molecular weight excluding hydrogens is 360 g/mol. The fraction of sp³-hybridized carbons (Fsp3) is 0.235. The molecule has 3 aromatic rings. The number of aromatic nitrogens is 2. The van der Waals surface area contributed by atoms with Gasteiger partial charge in [-0.3, -0.25) is 14.2 Å². The smallest absolute Gasteiger partial charge is 0.272 e.